The number of carbonyl (C=O) groups is 1. The number of carbonyl (C=O) groups excluding carboxylic acids is 2. The molecule has 2 amide bonds. The van der Waals surface area contributed by atoms with E-state index in [9.17, 15) is 0 Å². The Kier molecular flexibility index (Phi) is 36.7. The summed E-state index contributed by atoms with van der Waals surface area (Å²) in [6, 6.07) is 1.64. The molecule has 0 aromatic heterocycles. The lowest BCUT2D eigenvalue weighted by Gasteiger charge is -1.62. The number of nitrogens with zero attached hydrogens (tertiary/aromatic N) is 2. The maximum absolute atomic E-state index is 9.00. The molecule has 0 heterocycles. The third-order valence-corrected chi connectivity index (χ3v) is 0.0500. The van der Waals surface area contributed by atoms with Crippen LogP contribution in [0, 0.1) is 28.1 Å². The second-order valence-electron chi connectivity index (χ2n) is 0.728. The van der Waals surface area contributed by atoms with Crippen LogP contribution in [0.2, 0.25) is 0 Å². The van der Waals surface area contributed by atoms with Gasteiger partial charge in [-0.25, -0.2) is 15.0 Å². The summed E-state index contributed by atoms with van der Waals surface area (Å²) in [4.78, 5) is 17.3. The Hall–Kier alpha value is -2.37. The highest BCUT2D eigenvalue weighted by Crippen LogP contribution is 1.27. The third-order valence-electron chi connectivity index (χ3n) is 0.0500. The number of hydrogen-bond donors (Lipinski definition) is 3. The minimum atomic E-state index is -0.833. The SMILES string of the molecule is N#CC#N.N=C=O.NC(N)=O. The average Bonchev–Trinajstić information content (AvgIpc) is 1.88. The summed E-state index contributed by atoms with van der Waals surface area (Å²) in [6.45, 7) is 0. The molecule has 0 spiro atoms. The molecule has 0 aliphatic heterocycles. The zero-order valence-electron chi connectivity index (χ0n) is 5.37. The van der Waals surface area contributed by atoms with Crippen LogP contribution in [0.4, 0.5) is 4.79 Å². The van der Waals surface area contributed by atoms with E-state index < -0.39 is 6.03 Å². The molecule has 11 heavy (non-hydrogen) atoms. The predicted octanol–water partition coefficient (Wildman–Crippen LogP) is -1.04. The number of rotatable bonds is 0. The van der Waals surface area contributed by atoms with E-state index in [-0.39, 0.29) is 0 Å². The van der Waals surface area contributed by atoms with Crippen LogP contribution in [-0.4, -0.2) is 12.1 Å². The highest BCUT2D eigenvalue weighted by Gasteiger charge is 1.60. The molecule has 0 aromatic rings. The molecule has 0 fully saturated rings. The van der Waals surface area contributed by atoms with E-state index in [1.165, 1.54) is 12.1 Å². The number of hydrogen-bond acceptors (Lipinski definition) is 5. The summed E-state index contributed by atoms with van der Waals surface area (Å²) in [5, 5.41) is 19.9. The van der Waals surface area contributed by atoms with Gasteiger partial charge < -0.3 is 11.5 Å². The van der Waals surface area contributed by atoms with Gasteiger partial charge in [-0.05, 0) is 0 Å². The lowest BCUT2D eigenvalue weighted by Crippen LogP contribution is -2.18. The Morgan fingerprint density at radius 3 is 1.36 bits per heavy atom. The van der Waals surface area contributed by atoms with Gasteiger partial charge in [-0.1, -0.05) is 0 Å². The summed E-state index contributed by atoms with van der Waals surface area (Å²) in [5.74, 6) is 0. The van der Waals surface area contributed by atoms with E-state index in [4.69, 9.17) is 25.5 Å². The maximum Gasteiger partial charge on any atom is 0.309 e. The van der Waals surface area contributed by atoms with Gasteiger partial charge in [0.15, 0.2) is 12.1 Å². The van der Waals surface area contributed by atoms with Crippen molar-refractivity contribution >= 4 is 12.1 Å². The highest BCUT2D eigenvalue weighted by molar-refractivity contribution is 5.69. The van der Waals surface area contributed by atoms with Crippen molar-refractivity contribution in [1.29, 1.82) is 15.9 Å². The number of nitriles is 2. The van der Waals surface area contributed by atoms with Crippen LogP contribution in [0.15, 0.2) is 0 Å². The molecular weight excluding hydrogens is 150 g/mol. The molecular formula is C4H5N5O2. The van der Waals surface area contributed by atoms with Gasteiger partial charge in [-0.3, -0.25) is 0 Å². The van der Waals surface area contributed by atoms with Crippen LogP contribution in [0.3, 0.4) is 0 Å². The molecule has 0 rings (SSSR count). The Morgan fingerprint density at radius 2 is 1.36 bits per heavy atom. The van der Waals surface area contributed by atoms with E-state index in [0.29, 0.717) is 0 Å². The smallest absolute Gasteiger partial charge is 0.309 e. The molecule has 0 saturated heterocycles. The van der Waals surface area contributed by atoms with Gasteiger partial charge in [0.05, 0.1) is 0 Å². The number of urea groups is 1. The summed E-state index contributed by atoms with van der Waals surface area (Å²) in [5.41, 5.74) is 8.50. The number of isocyanates is 1. The van der Waals surface area contributed by atoms with E-state index >= 15 is 0 Å². The van der Waals surface area contributed by atoms with Crippen molar-refractivity contribution in [2.45, 2.75) is 0 Å². The van der Waals surface area contributed by atoms with Gasteiger partial charge in [-0.2, -0.15) is 10.5 Å². The molecule has 0 aliphatic rings. The van der Waals surface area contributed by atoms with Crippen molar-refractivity contribution in [3.05, 3.63) is 0 Å². The van der Waals surface area contributed by atoms with Gasteiger partial charge in [0.2, 0.25) is 6.08 Å². The first-order valence-corrected chi connectivity index (χ1v) is 1.93. The first-order chi connectivity index (χ1) is 5.06. The summed E-state index contributed by atoms with van der Waals surface area (Å²) in [6.07, 6.45) is 0.750. The second-order valence-corrected chi connectivity index (χ2v) is 0.728. The molecule has 0 radical (unpaired) electrons. The fraction of sp³-hybridized carbons (Fsp3) is 0. The van der Waals surface area contributed by atoms with Gasteiger partial charge in [0.1, 0.15) is 0 Å². The Balaban J connectivity index is -0.0000000886. The number of nitrogens with two attached hydrogens (primary N) is 2. The van der Waals surface area contributed by atoms with Crippen molar-refractivity contribution in [2.24, 2.45) is 11.5 Å². The number of primary amides is 2. The van der Waals surface area contributed by atoms with Crippen molar-refractivity contribution in [3.63, 3.8) is 0 Å². The van der Waals surface area contributed by atoms with Crippen LogP contribution in [0.1, 0.15) is 0 Å². The maximum atomic E-state index is 9.00. The second kappa shape index (κ2) is 25.5. The van der Waals surface area contributed by atoms with Crippen LogP contribution in [0.25, 0.3) is 0 Å². The fourth-order valence-electron chi connectivity index (χ4n) is 0. The van der Waals surface area contributed by atoms with E-state index in [1.807, 2.05) is 0 Å². The molecule has 0 bridgehead atoms. The lowest BCUT2D eigenvalue weighted by atomic mass is 10.9. The van der Waals surface area contributed by atoms with E-state index in [1.54, 1.807) is 0 Å². The normalized spacial score (nSPS) is 3.82. The van der Waals surface area contributed by atoms with Gasteiger partial charge in [0.25, 0.3) is 0 Å². The molecule has 7 nitrogen and oxygen atoms in total. The minimum Gasteiger partial charge on any atom is -0.352 e. The van der Waals surface area contributed by atoms with Crippen molar-refractivity contribution in [3.8, 4) is 12.1 Å². The lowest BCUT2D eigenvalue weighted by molar-refractivity contribution is 0.256. The summed E-state index contributed by atoms with van der Waals surface area (Å²) < 4.78 is 0. The highest BCUT2D eigenvalue weighted by atomic mass is 16.2. The van der Waals surface area contributed by atoms with Crippen molar-refractivity contribution in [2.75, 3.05) is 0 Å². The van der Waals surface area contributed by atoms with E-state index in [2.05, 4.69) is 11.5 Å². The molecule has 0 aliphatic carbocycles. The van der Waals surface area contributed by atoms with Crippen molar-refractivity contribution in [1.82, 2.24) is 0 Å². The standard InChI is InChI=1S/C2N2.CH4N2O.CHNO/c3-1-2-4;2-1(3)4;2-1-3/h;(H4,2,3,4);2H. The molecule has 5 N–H and O–H groups in total. The Labute approximate surface area is 62.3 Å². The largest absolute Gasteiger partial charge is 0.352 e. The van der Waals surface area contributed by atoms with Gasteiger partial charge >= 0.3 is 6.03 Å². The average molecular weight is 155 g/mol. The topological polar surface area (TPSA) is 158 Å². The third kappa shape index (κ3) is 129. The van der Waals surface area contributed by atoms with Crippen LogP contribution < -0.4 is 11.5 Å². The van der Waals surface area contributed by atoms with Crippen LogP contribution in [-0.2, 0) is 4.79 Å². The van der Waals surface area contributed by atoms with Crippen molar-refractivity contribution < 1.29 is 9.59 Å². The van der Waals surface area contributed by atoms with Crippen LogP contribution >= 0.6 is 0 Å². The fourth-order valence-corrected chi connectivity index (χ4v) is 0. The van der Waals surface area contributed by atoms with Crippen LogP contribution in [0.5, 0.6) is 0 Å². The quantitative estimate of drug-likeness (QED) is 0.301. The molecule has 0 saturated carbocycles. The minimum absolute atomic E-state index is 0.750. The zero-order chi connectivity index (χ0) is 9.70. The molecule has 0 atom stereocenters. The van der Waals surface area contributed by atoms with Gasteiger partial charge in [0, 0.05) is 0 Å². The molecule has 0 aromatic carbocycles. The first kappa shape index (κ1) is 15.9. The number of amides is 2. The Morgan fingerprint density at radius 1 is 1.27 bits per heavy atom. The molecule has 58 valence electrons. The predicted molar refractivity (Wildman–Crippen MR) is 33.4 cm³/mol. The zero-order valence-corrected chi connectivity index (χ0v) is 5.37. The molecule has 0 unspecified atom stereocenters. The molecule has 7 heteroatoms. The number of nitrogens with one attached hydrogen (secondary N) is 1. The Bertz CT molecular complexity index is 188. The summed E-state index contributed by atoms with van der Waals surface area (Å²) in [7, 11) is 0. The summed E-state index contributed by atoms with van der Waals surface area (Å²) >= 11 is 0. The first-order valence-electron chi connectivity index (χ1n) is 1.93. The monoisotopic (exact) mass is 155 g/mol. The van der Waals surface area contributed by atoms with E-state index in [0.717, 1.165) is 6.08 Å². The van der Waals surface area contributed by atoms with Gasteiger partial charge in [-0.15, -0.1) is 0 Å².